The van der Waals surface area contributed by atoms with Gasteiger partial charge in [0.15, 0.2) is 0 Å². The minimum absolute atomic E-state index is 0.0941. The maximum Gasteiger partial charge on any atom is 0.0988 e. The van der Waals surface area contributed by atoms with E-state index < -0.39 is 0 Å². The van der Waals surface area contributed by atoms with Crippen LogP contribution in [0.5, 0.6) is 0 Å². The molecule has 13 heavy (non-hydrogen) atoms. The van der Waals surface area contributed by atoms with Crippen molar-refractivity contribution in [1.82, 2.24) is 0 Å². The van der Waals surface area contributed by atoms with Crippen LogP contribution in [0.2, 0.25) is 0 Å². The Balaban J connectivity index is 2.15. The van der Waals surface area contributed by atoms with Crippen molar-refractivity contribution in [3.8, 4) is 0 Å². The largest absolute Gasteiger partial charge is 0.372 e. The summed E-state index contributed by atoms with van der Waals surface area (Å²) in [5.74, 6) is 0. The van der Waals surface area contributed by atoms with Gasteiger partial charge in [0.05, 0.1) is 11.5 Å². The van der Waals surface area contributed by atoms with Crippen LogP contribution in [0.15, 0.2) is 30.3 Å². The first-order chi connectivity index (χ1) is 6.38. The van der Waals surface area contributed by atoms with Crippen LogP contribution in [-0.4, -0.2) is 12.0 Å². The van der Waals surface area contributed by atoms with Crippen molar-refractivity contribution in [1.29, 1.82) is 0 Å². The summed E-state index contributed by atoms with van der Waals surface area (Å²) in [7, 11) is 0. The molecule has 2 rings (SSSR count). The van der Waals surface area contributed by atoms with Crippen LogP contribution in [-0.2, 0) is 4.74 Å². The molecule has 0 radical (unpaired) electrons. The smallest absolute Gasteiger partial charge is 0.0988 e. The van der Waals surface area contributed by atoms with E-state index in [9.17, 15) is 0 Å². The van der Waals surface area contributed by atoms with Crippen molar-refractivity contribution in [3.05, 3.63) is 35.9 Å². The quantitative estimate of drug-likeness (QED) is 0.627. The average Bonchev–Trinajstić information content (AvgIpc) is 2.20. The third-order valence-corrected chi connectivity index (χ3v) is 2.83. The predicted octanol–water partition coefficient (Wildman–Crippen LogP) is 3.15. The molecule has 1 heterocycles. The summed E-state index contributed by atoms with van der Waals surface area (Å²) in [4.78, 5) is 0. The molecule has 1 fully saturated rings. The van der Waals surface area contributed by atoms with Crippen LogP contribution in [0.25, 0.3) is 0 Å². The van der Waals surface area contributed by atoms with Crippen LogP contribution in [0.4, 0.5) is 0 Å². The molecule has 0 aliphatic carbocycles. The second-order valence-electron chi connectivity index (χ2n) is 3.36. The lowest BCUT2D eigenvalue weighted by atomic mass is 10.0. The molecule has 1 aromatic carbocycles. The summed E-state index contributed by atoms with van der Waals surface area (Å²) >= 11 is 6.19. The van der Waals surface area contributed by atoms with E-state index in [1.807, 2.05) is 18.2 Å². The van der Waals surface area contributed by atoms with Crippen molar-refractivity contribution in [3.63, 3.8) is 0 Å². The van der Waals surface area contributed by atoms with Gasteiger partial charge in [-0.1, -0.05) is 30.3 Å². The second-order valence-corrected chi connectivity index (χ2v) is 3.92. The van der Waals surface area contributed by atoms with Gasteiger partial charge in [0, 0.05) is 6.61 Å². The Bertz CT molecular complexity index is 260. The van der Waals surface area contributed by atoms with Gasteiger partial charge in [0.25, 0.3) is 0 Å². The third kappa shape index (κ3) is 2.04. The first-order valence-electron chi connectivity index (χ1n) is 4.68. The van der Waals surface area contributed by atoms with E-state index in [-0.39, 0.29) is 11.5 Å². The number of benzene rings is 1. The van der Waals surface area contributed by atoms with E-state index in [2.05, 4.69) is 12.1 Å². The van der Waals surface area contributed by atoms with Crippen molar-refractivity contribution in [2.24, 2.45) is 0 Å². The SMILES string of the molecule is Cl[C@@H]1CCCO[C@H]1c1ccccc1. The molecule has 0 N–H and O–H groups in total. The molecule has 2 heteroatoms. The Morgan fingerprint density at radius 2 is 2.00 bits per heavy atom. The van der Waals surface area contributed by atoms with E-state index in [0.29, 0.717) is 0 Å². The minimum Gasteiger partial charge on any atom is -0.372 e. The summed E-state index contributed by atoms with van der Waals surface area (Å²) in [6.07, 6.45) is 2.23. The van der Waals surface area contributed by atoms with Crippen LogP contribution < -0.4 is 0 Å². The van der Waals surface area contributed by atoms with Gasteiger partial charge in [-0.15, -0.1) is 11.6 Å². The average molecular weight is 197 g/mol. The monoisotopic (exact) mass is 196 g/mol. The Kier molecular flexibility index (Phi) is 2.87. The molecule has 1 aromatic rings. The Hall–Kier alpha value is -0.530. The van der Waals surface area contributed by atoms with Gasteiger partial charge in [-0.2, -0.15) is 0 Å². The Morgan fingerprint density at radius 3 is 2.69 bits per heavy atom. The van der Waals surface area contributed by atoms with Crippen molar-refractivity contribution >= 4 is 11.6 Å². The highest BCUT2D eigenvalue weighted by Gasteiger charge is 2.24. The van der Waals surface area contributed by atoms with E-state index in [0.717, 1.165) is 19.4 Å². The summed E-state index contributed by atoms with van der Waals surface area (Å²) in [5, 5.41) is 0.135. The highest BCUT2D eigenvalue weighted by Crippen LogP contribution is 2.31. The molecule has 0 bridgehead atoms. The molecule has 0 aromatic heterocycles. The van der Waals surface area contributed by atoms with Gasteiger partial charge in [-0.05, 0) is 18.4 Å². The lowest BCUT2D eigenvalue weighted by Crippen LogP contribution is -2.22. The molecule has 0 unspecified atom stereocenters. The lowest BCUT2D eigenvalue weighted by Gasteiger charge is -2.27. The summed E-state index contributed by atoms with van der Waals surface area (Å²) in [6, 6.07) is 10.2. The van der Waals surface area contributed by atoms with Gasteiger partial charge < -0.3 is 4.74 Å². The van der Waals surface area contributed by atoms with Crippen molar-refractivity contribution in [2.75, 3.05) is 6.61 Å². The summed E-state index contributed by atoms with van der Waals surface area (Å²) < 4.78 is 5.64. The fourth-order valence-corrected chi connectivity index (χ4v) is 2.06. The normalized spacial score (nSPS) is 28.7. The zero-order valence-corrected chi connectivity index (χ0v) is 8.20. The number of ether oxygens (including phenoxy) is 1. The zero-order valence-electron chi connectivity index (χ0n) is 7.45. The first-order valence-corrected chi connectivity index (χ1v) is 5.12. The van der Waals surface area contributed by atoms with E-state index in [4.69, 9.17) is 16.3 Å². The number of hydrogen-bond donors (Lipinski definition) is 0. The van der Waals surface area contributed by atoms with Gasteiger partial charge in [0.2, 0.25) is 0 Å². The number of halogens is 1. The number of hydrogen-bond acceptors (Lipinski definition) is 1. The standard InChI is InChI=1S/C11H13ClO/c12-10-7-4-8-13-11(10)9-5-2-1-3-6-9/h1-3,5-6,10-11H,4,7-8H2/t10-,11+/m1/s1. The lowest BCUT2D eigenvalue weighted by molar-refractivity contribution is 0.0184. The number of alkyl halides is 1. The second kappa shape index (κ2) is 4.12. The summed E-state index contributed by atoms with van der Waals surface area (Å²) in [6.45, 7) is 0.836. The predicted molar refractivity (Wildman–Crippen MR) is 54.0 cm³/mol. The molecular weight excluding hydrogens is 184 g/mol. The minimum atomic E-state index is 0.0941. The highest BCUT2D eigenvalue weighted by atomic mass is 35.5. The molecule has 0 saturated carbocycles. The van der Waals surface area contributed by atoms with Crippen LogP contribution in [0.1, 0.15) is 24.5 Å². The molecule has 1 aliphatic heterocycles. The molecule has 2 atom stereocenters. The van der Waals surface area contributed by atoms with E-state index in [1.165, 1.54) is 5.56 Å². The highest BCUT2D eigenvalue weighted by molar-refractivity contribution is 6.21. The van der Waals surface area contributed by atoms with Crippen LogP contribution >= 0.6 is 11.6 Å². The fraction of sp³-hybridized carbons (Fsp3) is 0.455. The maximum atomic E-state index is 6.19. The number of rotatable bonds is 1. The Morgan fingerprint density at radius 1 is 1.23 bits per heavy atom. The van der Waals surface area contributed by atoms with E-state index >= 15 is 0 Å². The van der Waals surface area contributed by atoms with Gasteiger partial charge in [0.1, 0.15) is 0 Å². The van der Waals surface area contributed by atoms with Gasteiger partial charge in [-0.3, -0.25) is 0 Å². The Labute approximate surface area is 83.7 Å². The van der Waals surface area contributed by atoms with Crippen molar-refractivity contribution in [2.45, 2.75) is 24.3 Å². The maximum absolute atomic E-state index is 6.19. The molecule has 70 valence electrons. The molecule has 1 nitrogen and oxygen atoms in total. The topological polar surface area (TPSA) is 9.23 Å². The molecule has 0 spiro atoms. The van der Waals surface area contributed by atoms with Gasteiger partial charge >= 0.3 is 0 Å². The van der Waals surface area contributed by atoms with Crippen LogP contribution in [0, 0.1) is 0 Å². The fourth-order valence-electron chi connectivity index (χ4n) is 1.69. The summed E-state index contributed by atoms with van der Waals surface area (Å²) in [5.41, 5.74) is 1.20. The van der Waals surface area contributed by atoms with Gasteiger partial charge in [-0.25, -0.2) is 0 Å². The van der Waals surface area contributed by atoms with Crippen molar-refractivity contribution < 1.29 is 4.74 Å². The van der Waals surface area contributed by atoms with E-state index in [1.54, 1.807) is 0 Å². The zero-order chi connectivity index (χ0) is 9.10. The van der Waals surface area contributed by atoms with Crippen LogP contribution in [0.3, 0.4) is 0 Å². The molecule has 0 amide bonds. The third-order valence-electron chi connectivity index (χ3n) is 2.38. The molecule has 1 aliphatic rings. The molecular formula is C11H13ClO. The first kappa shape index (κ1) is 9.04. The molecule has 1 saturated heterocycles.